The first-order valence-corrected chi connectivity index (χ1v) is 11.2. The topological polar surface area (TPSA) is 52.7 Å². The molecule has 0 unspecified atom stereocenters. The van der Waals surface area contributed by atoms with Crippen LogP contribution in [0.4, 0.5) is 10.1 Å². The fourth-order valence-corrected chi connectivity index (χ4v) is 4.67. The van der Waals surface area contributed by atoms with E-state index in [9.17, 15) is 14.0 Å². The summed E-state index contributed by atoms with van der Waals surface area (Å²) in [6.45, 7) is 3.43. The molecule has 2 fully saturated rings. The Labute approximate surface area is 183 Å². The molecule has 4 rings (SSSR count). The number of likely N-dealkylation sites (tertiary alicyclic amines) is 2. The van der Waals surface area contributed by atoms with Crippen molar-refractivity contribution in [1.82, 2.24) is 9.80 Å². The molecule has 0 bridgehead atoms. The van der Waals surface area contributed by atoms with Crippen LogP contribution in [0.5, 0.6) is 0 Å². The van der Waals surface area contributed by atoms with Gasteiger partial charge in [-0.2, -0.15) is 0 Å². The Morgan fingerprint density at radius 3 is 2.16 bits per heavy atom. The molecule has 0 atom stereocenters. The number of hydrogen-bond donors (Lipinski definition) is 1. The van der Waals surface area contributed by atoms with Crippen molar-refractivity contribution < 1.29 is 14.0 Å². The summed E-state index contributed by atoms with van der Waals surface area (Å²) in [5, 5.41) is 2.90. The first kappa shape index (κ1) is 21.5. The van der Waals surface area contributed by atoms with Crippen LogP contribution in [0, 0.1) is 11.7 Å². The van der Waals surface area contributed by atoms with Crippen molar-refractivity contribution in [2.75, 3.05) is 31.5 Å². The van der Waals surface area contributed by atoms with E-state index in [4.69, 9.17) is 0 Å². The molecule has 5 nitrogen and oxygen atoms in total. The molecule has 6 heteroatoms. The molecular weight excluding hydrogens is 393 g/mol. The number of anilines is 1. The summed E-state index contributed by atoms with van der Waals surface area (Å²) in [4.78, 5) is 29.6. The van der Waals surface area contributed by atoms with Gasteiger partial charge in [0.25, 0.3) is 0 Å². The molecule has 0 aliphatic carbocycles. The summed E-state index contributed by atoms with van der Waals surface area (Å²) in [7, 11) is 0. The molecule has 164 valence electrons. The molecule has 0 radical (unpaired) electrons. The minimum Gasteiger partial charge on any atom is -0.342 e. The highest BCUT2D eigenvalue weighted by Gasteiger charge is 2.31. The Hall–Kier alpha value is -2.73. The zero-order chi connectivity index (χ0) is 21.6. The second-order valence-electron chi connectivity index (χ2n) is 8.58. The number of nitrogens with one attached hydrogen (secondary N) is 1. The second kappa shape index (κ2) is 10.1. The number of carbonyl (C=O) groups is 2. The van der Waals surface area contributed by atoms with Crippen LogP contribution in [-0.4, -0.2) is 53.8 Å². The predicted octanol–water partition coefficient (Wildman–Crippen LogP) is 3.71. The standard InChI is InChI=1S/C25H30FN3O2/c26-21-6-8-22(9-7-21)27-25(31)20-10-14-28(15-11-20)23-12-16-29(17-13-23)24(30)18-19-4-2-1-3-5-19/h1-9,20,23H,10-18H2,(H,27,31). The summed E-state index contributed by atoms with van der Waals surface area (Å²) < 4.78 is 13.0. The molecular formula is C25H30FN3O2. The van der Waals surface area contributed by atoms with Crippen molar-refractivity contribution in [1.29, 1.82) is 0 Å². The van der Waals surface area contributed by atoms with Gasteiger partial charge in [-0.3, -0.25) is 9.59 Å². The molecule has 0 saturated carbocycles. The van der Waals surface area contributed by atoms with E-state index in [-0.39, 0.29) is 23.5 Å². The van der Waals surface area contributed by atoms with Crippen molar-refractivity contribution in [2.45, 2.75) is 38.1 Å². The summed E-state index contributed by atoms with van der Waals surface area (Å²) in [6.07, 6.45) is 4.13. The highest BCUT2D eigenvalue weighted by Crippen LogP contribution is 2.25. The minimum absolute atomic E-state index is 0.00570. The van der Waals surface area contributed by atoms with Crippen molar-refractivity contribution in [3.63, 3.8) is 0 Å². The second-order valence-corrected chi connectivity index (χ2v) is 8.58. The number of carbonyl (C=O) groups excluding carboxylic acids is 2. The lowest BCUT2D eigenvalue weighted by Gasteiger charge is -2.41. The van der Waals surface area contributed by atoms with Crippen molar-refractivity contribution in [3.8, 4) is 0 Å². The first-order chi connectivity index (χ1) is 15.1. The Balaban J connectivity index is 1.20. The lowest BCUT2D eigenvalue weighted by atomic mass is 9.92. The highest BCUT2D eigenvalue weighted by molar-refractivity contribution is 5.92. The lowest BCUT2D eigenvalue weighted by molar-refractivity contribution is -0.132. The van der Waals surface area contributed by atoms with Gasteiger partial charge in [0.05, 0.1) is 6.42 Å². The van der Waals surface area contributed by atoms with Gasteiger partial charge in [-0.1, -0.05) is 30.3 Å². The van der Waals surface area contributed by atoms with Gasteiger partial charge in [0.2, 0.25) is 11.8 Å². The monoisotopic (exact) mass is 423 g/mol. The smallest absolute Gasteiger partial charge is 0.227 e. The third-order valence-electron chi connectivity index (χ3n) is 6.54. The van der Waals surface area contributed by atoms with E-state index in [1.165, 1.54) is 12.1 Å². The molecule has 2 amide bonds. The van der Waals surface area contributed by atoms with Gasteiger partial charge in [-0.15, -0.1) is 0 Å². The van der Waals surface area contributed by atoms with E-state index in [0.29, 0.717) is 18.2 Å². The lowest BCUT2D eigenvalue weighted by Crippen LogP contribution is -2.50. The Morgan fingerprint density at radius 2 is 1.52 bits per heavy atom. The van der Waals surface area contributed by atoms with Gasteiger partial charge in [0, 0.05) is 30.7 Å². The van der Waals surface area contributed by atoms with Crippen LogP contribution >= 0.6 is 0 Å². The molecule has 2 aromatic carbocycles. The van der Waals surface area contributed by atoms with Crippen LogP contribution in [0.2, 0.25) is 0 Å². The van der Waals surface area contributed by atoms with E-state index >= 15 is 0 Å². The molecule has 2 aromatic rings. The average molecular weight is 424 g/mol. The molecule has 31 heavy (non-hydrogen) atoms. The predicted molar refractivity (Wildman–Crippen MR) is 119 cm³/mol. The molecule has 0 aromatic heterocycles. The third kappa shape index (κ3) is 5.70. The van der Waals surface area contributed by atoms with Crippen LogP contribution in [0.25, 0.3) is 0 Å². The van der Waals surface area contributed by atoms with Crippen molar-refractivity contribution in [3.05, 3.63) is 66.0 Å². The van der Waals surface area contributed by atoms with Crippen LogP contribution < -0.4 is 5.32 Å². The van der Waals surface area contributed by atoms with Crippen molar-refractivity contribution >= 4 is 17.5 Å². The van der Waals surface area contributed by atoms with Crippen LogP contribution in [0.3, 0.4) is 0 Å². The Bertz CT molecular complexity index is 871. The Morgan fingerprint density at radius 1 is 0.871 bits per heavy atom. The van der Waals surface area contributed by atoms with Crippen LogP contribution in [0.1, 0.15) is 31.2 Å². The average Bonchev–Trinajstić information content (AvgIpc) is 2.81. The molecule has 2 aliphatic rings. The number of nitrogens with zero attached hydrogens (tertiary/aromatic N) is 2. The Kier molecular flexibility index (Phi) is 6.97. The van der Waals surface area contributed by atoms with Crippen molar-refractivity contribution in [2.24, 2.45) is 5.92 Å². The van der Waals surface area contributed by atoms with Gasteiger partial charge >= 0.3 is 0 Å². The number of rotatable bonds is 5. The SMILES string of the molecule is O=C(Nc1ccc(F)cc1)C1CCN(C2CCN(C(=O)Cc3ccccc3)CC2)CC1. The summed E-state index contributed by atoms with van der Waals surface area (Å²) in [5.74, 6) is -0.0821. The number of halogens is 1. The maximum absolute atomic E-state index is 13.0. The minimum atomic E-state index is -0.306. The van der Waals surface area contributed by atoms with Gasteiger partial charge in [-0.05, 0) is 68.6 Å². The van der Waals surface area contributed by atoms with Crippen LogP contribution in [-0.2, 0) is 16.0 Å². The number of benzene rings is 2. The zero-order valence-electron chi connectivity index (χ0n) is 17.8. The van der Waals surface area contributed by atoms with E-state index in [0.717, 1.165) is 57.4 Å². The van der Waals surface area contributed by atoms with E-state index in [2.05, 4.69) is 10.2 Å². The fraction of sp³-hybridized carbons (Fsp3) is 0.440. The largest absolute Gasteiger partial charge is 0.342 e. The summed E-state index contributed by atoms with van der Waals surface area (Å²) in [6, 6.07) is 16.3. The first-order valence-electron chi connectivity index (χ1n) is 11.2. The molecule has 2 saturated heterocycles. The molecule has 0 spiro atoms. The van der Waals surface area contributed by atoms with E-state index in [1.54, 1.807) is 12.1 Å². The number of piperidine rings is 2. The highest BCUT2D eigenvalue weighted by atomic mass is 19.1. The zero-order valence-corrected chi connectivity index (χ0v) is 17.8. The normalized spacial score (nSPS) is 18.7. The fourth-order valence-electron chi connectivity index (χ4n) is 4.67. The van der Waals surface area contributed by atoms with Gasteiger partial charge in [0.1, 0.15) is 5.82 Å². The molecule has 2 aliphatic heterocycles. The van der Waals surface area contributed by atoms with E-state index < -0.39 is 0 Å². The third-order valence-corrected chi connectivity index (χ3v) is 6.54. The van der Waals surface area contributed by atoms with Gasteiger partial charge < -0.3 is 15.1 Å². The van der Waals surface area contributed by atoms with E-state index in [1.807, 2.05) is 35.2 Å². The quantitative estimate of drug-likeness (QED) is 0.798. The van der Waals surface area contributed by atoms with Crippen LogP contribution in [0.15, 0.2) is 54.6 Å². The number of hydrogen-bond acceptors (Lipinski definition) is 3. The summed E-state index contributed by atoms with van der Waals surface area (Å²) in [5.41, 5.74) is 1.71. The molecule has 2 heterocycles. The molecule has 1 N–H and O–H groups in total. The summed E-state index contributed by atoms with van der Waals surface area (Å²) >= 11 is 0. The maximum atomic E-state index is 13.0. The van der Waals surface area contributed by atoms with Gasteiger partial charge in [-0.25, -0.2) is 4.39 Å². The maximum Gasteiger partial charge on any atom is 0.227 e. The van der Waals surface area contributed by atoms with Gasteiger partial charge in [0.15, 0.2) is 0 Å². The number of amides is 2.